The third kappa shape index (κ3) is 2.66. The zero-order valence-corrected chi connectivity index (χ0v) is 12.1. The number of rotatable bonds is 1. The van der Waals surface area contributed by atoms with Crippen LogP contribution in [-0.2, 0) is 11.2 Å². The fraction of sp³-hybridized carbons (Fsp3) is 0.467. The quantitative estimate of drug-likeness (QED) is 0.843. The second-order valence-electron chi connectivity index (χ2n) is 5.30. The molecule has 3 rings (SSSR count). The van der Waals surface area contributed by atoms with E-state index in [1.54, 1.807) is 9.80 Å². The first kappa shape index (κ1) is 13.7. The molecular weight excluding hydrogens is 270 g/mol. The summed E-state index contributed by atoms with van der Waals surface area (Å²) in [5.74, 6) is 0.0241. The van der Waals surface area contributed by atoms with Crippen molar-refractivity contribution in [3.8, 4) is 0 Å². The molecule has 0 bridgehead atoms. The van der Waals surface area contributed by atoms with Gasteiger partial charge in [0.05, 0.1) is 7.11 Å². The lowest BCUT2D eigenvalue weighted by Crippen LogP contribution is -2.50. The molecule has 1 N–H and O–H groups in total. The number of amides is 2. The maximum atomic E-state index is 12.5. The lowest BCUT2D eigenvalue weighted by molar-refractivity contribution is 0.0600. The van der Waals surface area contributed by atoms with Crippen molar-refractivity contribution in [2.75, 3.05) is 45.2 Å². The molecule has 2 amide bonds. The Bertz CT molecular complexity index is 565. The van der Waals surface area contributed by atoms with Crippen LogP contribution in [0.5, 0.6) is 0 Å². The normalized spacial score (nSPS) is 17.2. The van der Waals surface area contributed by atoms with Crippen LogP contribution in [-0.4, -0.2) is 61.6 Å². The van der Waals surface area contributed by atoms with Gasteiger partial charge in [0.2, 0.25) is 0 Å². The zero-order valence-electron chi connectivity index (χ0n) is 12.1. The van der Waals surface area contributed by atoms with Gasteiger partial charge >= 0.3 is 6.09 Å². The fourth-order valence-corrected chi connectivity index (χ4v) is 2.83. The summed E-state index contributed by atoms with van der Waals surface area (Å²) >= 11 is 0. The first-order chi connectivity index (χ1) is 10.2. The topological polar surface area (TPSA) is 61.9 Å². The molecule has 21 heavy (non-hydrogen) atoms. The van der Waals surface area contributed by atoms with Crippen molar-refractivity contribution in [2.45, 2.75) is 6.42 Å². The highest BCUT2D eigenvalue weighted by molar-refractivity contribution is 5.95. The molecule has 0 aliphatic carbocycles. The summed E-state index contributed by atoms with van der Waals surface area (Å²) < 4.78 is 4.70. The number of hydrogen-bond donors (Lipinski definition) is 1. The van der Waals surface area contributed by atoms with Crippen LogP contribution in [0.1, 0.15) is 15.9 Å². The molecule has 1 aromatic rings. The molecule has 2 aliphatic heterocycles. The summed E-state index contributed by atoms with van der Waals surface area (Å²) in [5, 5.41) is 3.29. The molecule has 112 valence electrons. The van der Waals surface area contributed by atoms with Crippen LogP contribution in [0.25, 0.3) is 0 Å². The van der Waals surface area contributed by atoms with Gasteiger partial charge in [-0.05, 0) is 24.1 Å². The summed E-state index contributed by atoms with van der Waals surface area (Å²) in [6.45, 7) is 3.05. The number of carbonyl (C=O) groups is 2. The molecule has 6 heteroatoms. The number of benzene rings is 1. The summed E-state index contributed by atoms with van der Waals surface area (Å²) in [7, 11) is 1.37. The Morgan fingerprint density at radius 3 is 2.57 bits per heavy atom. The van der Waals surface area contributed by atoms with E-state index in [1.807, 2.05) is 18.2 Å². The van der Waals surface area contributed by atoms with E-state index in [-0.39, 0.29) is 12.0 Å². The molecule has 0 spiro atoms. The highest BCUT2D eigenvalue weighted by Crippen LogP contribution is 2.24. The van der Waals surface area contributed by atoms with Gasteiger partial charge in [0.25, 0.3) is 5.91 Å². The van der Waals surface area contributed by atoms with E-state index >= 15 is 0 Å². The number of nitrogens with one attached hydrogen (secondary N) is 1. The van der Waals surface area contributed by atoms with Crippen molar-refractivity contribution in [3.63, 3.8) is 0 Å². The predicted molar refractivity (Wildman–Crippen MR) is 78.5 cm³/mol. The van der Waals surface area contributed by atoms with Gasteiger partial charge in [0.1, 0.15) is 0 Å². The Morgan fingerprint density at radius 1 is 1.14 bits per heavy atom. The van der Waals surface area contributed by atoms with E-state index < -0.39 is 0 Å². The van der Waals surface area contributed by atoms with Gasteiger partial charge in [0.15, 0.2) is 0 Å². The summed E-state index contributed by atoms with van der Waals surface area (Å²) in [4.78, 5) is 27.3. The smallest absolute Gasteiger partial charge is 0.409 e. The van der Waals surface area contributed by atoms with Crippen LogP contribution < -0.4 is 5.32 Å². The fourth-order valence-electron chi connectivity index (χ4n) is 2.83. The van der Waals surface area contributed by atoms with Gasteiger partial charge in [-0.1, -0.05) is 6.07 Å². The number of methoxy groups -OCH3 is 1. The van der Waals surface area contributed by atoms with Crippen molar-refractivity contribution < 1.29 is 14.3 Å². The molecule has 0 aromatic heterocycles. The number of piperazine rings is 1. The van der Waals surface area contributed by atoms with Crippen LogP contribution in [0.4, 0.5) is 10.5 Å². The average molecular weight is 289 g/mol. The predicted octanol–water partition coefficient (Wildman–Crippen LogP) is 1.18. The maximum absolute atomic E-state index is 12.5. The van der Waals surface area contributed by atoms with Gasteiger partial charge in [0, 0.05) is 44.0 Å². The molecule has 0 radical (unpaired) electrons. The second kappa shape index (κ2) is 5.63. The van der Waals surface area contributed by atoms with Gasteiger partial charge in [-0.2, -0.15) is 0 Å². The van der Waals surface area contributed by atoms with Gasteiger partial charge in [-0.3, -0.25) is 4.79 Å². The molecule has 2 heterocycles. The van der Waals surface area contributed by atoms with Crippen LogP contribution in [0.3, 0.4) is 0 Å². The van der Waals surface area contributed by atoms with Crippen LogP contribution in [0.2, 0.25) is 0 Å². The molecule has 6 nitrogen and oxygen atoms in total. The van der Waals surface area contributed by atoms with Crippen LogP contribution >= 0.6 is 0 Å². The zero-order chi connectivity index (χ0) is 14.8. The Morgan fingerprint density at radius 2 is 1.86 bits per heavy atom. The molecule has 1 saturated heterocycles. The molecule has 1 aromatic carbocycles. The second-order valence-corrected chi connectivity index (χ2v) is 5.30. The van der Waals surface area contributed by atoms with Crippen molar-refractivity contribution in [1.29, 1.82) is 0 Å². The number of carbonyl (C=O) groups excluding carboxylic acids is 2. The number of nitrogens with zero attached hydrogens (tertiary/aromatic N) is 2. The Balaban J connectivity index is 1.65. The van der Waals surface area contributed by atoms with E-state index in [0.717, 1.165) is 18.7 Å². The van der Waals surface area contributed by atoms with E-state index in [0.29, 0.717) is 31.7 Å². The SMILES string of the molecule is COC(=O)N1CCN(C(=O)c2ccc3c(c2)NCC3)CC1. The third-order valence-electron chi connectivity index (χ3n) is 4.07. The van der Waals surface area contributed by atoms with Crippen LogP contribution in [0.15, 0.2) is 18.2 Å². The molecule has 0 unspecified atom stereocenters. The van der Waals surface area contributed by atoms with Crippen molar-refractivity contribution in [1.82, 2.24) is 9.80 Å². The minimum absolute atomic E-state index is 0.0241. The monoisotopic (exact) mass is 289 g/mol. The maximum Gasteiger partial charge on any atom is 0.409 e. The van der Waals surface area contributed by atoms with Crippen molar-refractivity contribution >= 4 is 17.7 Å². The molecule has 0 atom stereocenters. The molecule has 2 aliphatic rings. The third-order valence-corrected chi connectivity index (χ3v) is 4.07. The summed E-state index contributed by atoms with van der Waals surface area (Å²) in [5.41, 5.74) is 3.03. The first-order valence-electron chi connectivity index (χ1n) is 7.18. The van der Waals surface area contributed by atoms with Crippen molar-refractivity contribution in [2.24, 2.45) is 0 Å². The lowest BCUT2D eigenvalue weighted by Gasteiger charge is -2.33. The minimum atomic E-state index is -0.330. The van der Waals surface area contributed by atoms with E-state index in [9.17, 15) is 9.59 Å². The highest BCUT2D eigenvalue weighted by Gasteiger charge is 2.25. The van der Waals surface area contributed by atoms with E-state index in [1.165, 1.54) is 12.7 Å². The summed E-state index contributed by atoms with van der Waals surface area (Å²) in [6.07, 6.45) is 0.686. The number of anilines is 1. The molecular formula is C15H19N3O3. The number of fused-ring (bicyclic) bond motifs is 1. The van der Waals surface area contributed by atoms with Crippen LogP contribution in [0, 0.1) is 0 Å². The number of ether oxygens (including phenoxy) is 1. The van der Waals surface area contributed by atoms with Crippen molar-refractivity contribution in [3.05, 3.63) is 29.3 Å². The molecule has 0 saturated carbocycles. The minimum Gasteiger partial charge on any atom is -0.453 e. The van der Waals surface area contributed by atoms with Gasteiger partial charge in [-0.15, -0.1) is 0 Å². The Kier molecular flexibility index (Phi) is 3.68. The highest BCUT2D eigenvalue weighted by atomic mass is 16.5. The molecule has 1 fully saturated rings. The standard InChI is InChI=1S/C15H19N3O3/c1-21-15(20)18-8-6-17(7-9-18)14(19)12-3-2-11-4-5-16-13(11)10-12/h2-3,10,16H,4-9H2,1H3. The van der Waals surface area contributed by atoms with E-state index in [4.69, 9.17) is 4.74 Å². The lowest BCUT2D eigenvalue weighted by atomic mass is 10.1. The first-order valence-corrected chi connectivity index (χ1v) is 7.18. The Labute approximate surface area is 123 Å². The Hall–Kier alpha value is -2.24. The largest absolute Gasteiger partial charge is 0.453 e. The van der Waals surface area contributed by atoms with Gasteiger partial charge < -0.3 is 19.9 Å². The summed E-state index contributed by atoms with van der Waals surface area (Å²) in [6, 6.07) is 5.84. The number of hydrogen-bond acceptors (Lipinski definition) is 4. The average Bonchev–Trinajstić information content (AvgIpc) is 3.01. The van der Waals surface area contributed by atoms with Gasteiger partial charge in [-0.25, -0.2) is 4.79 Å². The van der Waals surface area contributed by atoms with E-state index in [2.05, 4.69) is 5.32 Å².